The fraction of sp³-hybridized carbons (Fsp3) is 0.571. The number of piperidine rings is 2. The Morgan fingerprint density at radius 3 is 1.72 bits per heavy atom. The predicted molar refractivity (Wildman–Crippen MR) is 200 cm³/mol. The zero-order valence-electron chi connectivity index (χ0n) is 29.3. The predicted octanol–water partition coefficient (Wildman–Crippen LogP) is 7.89. The highest BCUT2D eigenvalue weighted by molar-refractivity contribution is 7.59. The zero-order chi connectivity index (χ0) is 33.6. The number of Topliss-reactive ketones (excluding diaryl/α,β-unsaturated/α-hetero) is 1. The highest BCUT2D eigenvalue weighted by atomic mass is 32.1. The average Bonchev–Trinajstić information content (AvgIpc) is 3.00. The van der Waals surface area contributed by atoms with Crippen molar-refractivity contribution in [2.24, 2.45) is 0 Å². The molecule has 0 saturated carbocycles. The van der Waals surface area contributed by atoms with E-state index in [-0.39, 0.29) is 44.9 Å². The third-order valence-electron chi connectivity index (χ3n) is 7.17. The Hall–Kier alpha value is -2.26. The number of hydrogen-bond donors (Lipinski definition) is 1. The summed E-state index contributed by atoms with van der Waals surface area (Å²) in [6.45, 7) is 12.7. The molecule has 0 bridgehead atoms. The van der Waals surface area contributed by atoms with Gasteiger partial charge < -0.3 is 19.5 Å². The number of ether oxygens (including phenoxy) is 2. The summed E-state index contributed by atoms with van der Waals surface area (Å²) in [7, 11) is 2.25. The molecule has 2 aromatic carbocycles. The number of carbonyl (C=O) groups excluding carboxylic acids is 3. The molecule has 4 rings (SSSR count). The van der Waals surface area contributed by atoms with Crippen LogP contribution in [0.1, 0.15) is 103 Å². The third-order valence-corrected chi connectivity index (χ3v) is 7.17. The van der Waals surface area contributed by atoms with E-state index in [9.17, 15) is 19.5 Å². The molecule has 8 nitrogen and oxygen atoms in total. The SMILES string of the molecule is CC(C)(C)OC(=O)N1CCCC[C@H]1C(=O)c1ccccc1.CC(C)(C)OC(=O)N1CCCC[C@H]1C(O)c1ccccc1.S.S.[2H]CP. The van der Waals surface area contributed by atoms with Gasteiger partial charge in [-0.25, -0.2) is 9.59 Å². The highest BCUT2D eigenvalue weighted by Crippen LogP contribution is 2.30. The maximum atomic E-state index is 12.6. The van der Waals surface area contributed by atoms with Crippen LogP contribution < -0.4 is 0 Å². The monoisotopic (exact) mass is 697 g/mol. The van der Waals surface area contributed by atoms with Crippen molar-refractivity contribution >= 4 is 54.2 Å². The fourth-order valence-electron chi connectivity index (χ4n) is 5.24. The third kappa shape index (κ3) is 14.2. The molecule has 2 aliphatic heterocycles. The number of amides is 2. The summed E-state index contributed by atoms with van der Waals surface area (Å²) in [5.74, 6) is 0.00107. The molecule has 11 heteroatoms. The van der Waals surface area contributed by atoms with E-state index in [4.69, 9.17) is 10.8 Å². The molecule has 46 heavy (non-hydrogen) atoms. The van der Waals surface area contributed by atoms with Crippen LogP contribution in [0.4, 0.5) is 9.59 Å². The van der Waals surface area contributed by atoms with E-state index in [0.29, 0.717) is 31.7 Å². The molecule has 0 spiro atoms. The van der Waals surface area contributed by atoms with Crippen molar-refractivity contribution < 1.29 is 30.3 Å². The van der Waals surface area contributed by atoms with Crippen molar-refractivity contribution in [1.82, 2.24) is 9.80 Å². The number of carbonyl (C=O) groups is 3. The van der Waals surface area contributed by atoms with Gasteiger partial charge in [-0.2, -0.15) is 27.0 Å². The molecule has 4 atom stereocenters. The zero-order valence-corrected chi connectivity index (χ0v) is 31.5. The molecule has 2 heterocycles. The van der Waals surface area contributed by atoms with Crippen LogP contribution in [0.15, 0.2) is 60.7 Å². The van der Waals surface area contributed by atoms with Gasteiger partial charge in [-0.05, 0) is 85.6 Å². The van der Waals surface area contributed by atoms with Crippen molar-refractivity contribution in [2.75, 3.05) is 19.7 Å². The highest BCUT2D eigenvalue weighted by Gasteiger charge is 2.36. The summed E-state index contributed by atoms with van der Waals surface area (Å²) in [4.78, 5) is 40.6. The smallest absolute Gasteiger partial charge is 0.410 e. The molecule has 260 valence electrons. The van der Waals surface area contributed by atoms with Crippen LogP contribution in [0, 0.1) is 0 Å². The molecule has 0 radical (unpaired) electrons. The number of likely N-dealkylation sites (tertiary alicyclic amines) is 2. The molecule has 2 unspecified atom stereocenters. The van der Waals surface area contributed by atoms with Gasteiger partial charge in [0, 0.05) is 20.0 Å². The maximum absolute atomic E-state index is 12.6. The van der Waals surface area contributed by atoms with Crippen LogP contribution in [0.25, 0.3) is 0 Å². The van der Waals surface area contributed by atoms with Crippen LogP contribution >= 0.6 is 36.2 Å². The summed E-state index contributed by atoms with van der Waals surface area (Å²) >= 11 is 0. The lowest BCUT2D eigenvalue weighted by atomic mass is 9.93. The Kier molecular flexibility index (Phi) is 18.9. The van der Waals surface area contributed by atoms with Gasteiger partial charge in [0.2, 0.25) is 0 Å². The molecule has 2 aliphatic rings. The quantitative estimate of drug-likeness (QED) is 0.258. The molecular weight excluding hydrogens is 640 g/mol. The number of nitrogens with zero attached hydrogens (tertiary/aromatic N) is 2. The summed E-state index contributed by atoms with van der Waals surface area (Å²) in [5.41, 5.74) is 0.432. The molecule has 2 fully saturated rings. The number of aliphatic hydroxyl groups is 1. The van der Waals surface area contributed by atoms with E-state index in [2.05, 4.69) is 9.24 Å². The molecule has 2 amide bonds. The van der Waals surface area contributed by atoms with Gasteiger partial charge in [0.25, 0.3) is 0 Å². The Morgan fingerprint density at radius 2 is 1.22 bits per heavy atom. The van der Waals surface area contributed by atoms with Gasteiger partial charge in [-0.1, -0.05) is 67.3 Å². The van der Waals surface area contributed by atoms with Crippen LogP contribution in [-0.4, -0.2) is 75.9 Å². The summed E-state index contributed by atoms with van der Waals surface area (Å²) in [6, 6.07) is 18.0. The van der Waals surface area contributed by atoms with E-state index in [1.165, 1.54) is 0 Å². The first-order valence-corrected chi connectivity index (χ1v) is 16.3. The Bertz CT molecular complexity index is 1200. The Morgan fingerprint density at radius 1 is 0.783 bits per heavy atom. The minimum absolute atomic E-state index is 0. The average molecular weight is 698 g/mol. The lowest BCUT2D eigenvalue weighted by Crippen LogP contribution is -2.49. The molecule has 2 saturated heterocycles. The normalized spacial score (nSPS) is 18.7. The first kappa shape index (κ1) is 41.8. The lowest BCUT2D eigenvalue weighted by molar-refractivity contribution is -0.0169. The van der Waals surface area contributed by atoms with Crippen LogP contribution in [0.2, 0.25) is 0 Å². The van der Waals surface area contributed by atoms with Crippen molar-refractivity contribution in [2.45, 2.75) is 109 Å². The summed E-state index contributed by atoms with van der Waals surface area (Å²) in [6.07, 6.45) is 3.96. The molecule has 1 N–H and O–H groups in total. The topological polar surface area (TPSA) is 96.4 Å². The van der Waals surface area contributed by atoms with E-state index in [0.717, 1.165) is 37.7 Å². The maximum Gasteiger partial charge on any atom is 0.410 e. The standard InChI is InChI=1S/C17H25NO3.C17H23NO3.CH5P.2H2S/c2*1-17(2,3)21-16(20)18-12-8-7-11-14(18)15(19)13-9-5-4-6-10-13;1-2;;/h4-6,9-10,14-15,19H,7-8,11-12H2,1-3H3;4-6,9-10,14H,7-8,11-12H2,1-3H3;2H2,1H3;2*1H2/t14-,15?;14-;;;/m00.../s1/i;;1D;;. The summed E-state index contributed by atoms with van der Waals surface area (Å²) < 4.78 is 17.1. The number of hydrogen-bond acceptors (Lipinski definition) is 6. The van der Waals surface area contributed by atoms with Gasteiger partial charge >= 0.3 is 12.2 Å². The fourth-order valence-corrected chi connectivity index (χ4v) is 5.24. The van der Waals surface area contributed by atoms with E-state index in [1.54, 1.807) is 21.9 Å². The first-order valence-electron chi connectivity index (χ1n) is 16.2. The Labute approximate surface area is 294 Å². The second kappa shape index (κ2) is 20.9. The van der Waals surface area contributed by atoms with Crippen molar-refractivity contribution in [3.63, 3.8) is 0 Å². The van der Waals surface area contributed by atoms with Crippen molar-refractivity contribution in [1.29, 1.82) is 0 Å². The second-order valence-electron chi connectivity index (χ2n) is 13.0. The van der Waals surface area contributed by atoms with Crippen molar-refractivity contribution in [3.05, 3.63) is 71.8 Å². The Balaban J connectivity index is 0.000000799. The number of aliphatic hydroxyl groups excluding tert-OH is 1. The van der Waals surface area contributed by atoms with Crippen LogP contribution in [0.3, 0.4) is 0 Å². The van der Waals surface area contributed by atoms with E-state index < -0.39 is 29.4 Å². The second-order valence-corrected chi connectivity index (χ2v) is 13.0. The van der Waals surface area contributed by atoms with Crippen molar-refractivity contribution in [3.8, 4) is 0 Å². The minimum atomic E-state index is -0.668. The van der Waals surface area contributed by atoms with E-state index >= 15 is 0 Å². The number of rotatable bonds is 4. The number of ketones is 1. The molecule has 0 aromatic heterocycles. The van der Waals surface area contributed by atoms with Gasteiger partial charge in [-0.3, -0.25) is 9.69 Å². The lowest BCUT2D eigenvalue weighted by Gasteiger charge is -2.39. The first-order chi connectivity index (χ1) is 21.2. The molecule has 0 aliphatic carbocycles. The molecule has 2 aromatic rings. The largest absolute Gasteiger partial charge is 0.444 e. The van der Waals surface area contributed by atoms with Crippen LogP contribution in [-0.2, 0) is 9.47 Å². The summed E-state index contributed by atoms with van der Waals surface area (Å²) in [5, 5.41) is 10.6. The number of benzene rings is 2. The van der Waals surface area contributed by atoms with Crippen LogP contribution in [0.5, 0.6) is 0 Å². The minimum Gasteiger partial charge on any atom is -0.444 e. The van der Waals surface area contributed by atoms with Gasteiger partial charge in [0.15, 0.2) is 5.78 Å². The van der Waals surface area contributed by atoms with E-state index in [1.807, 2.05) is 90.1 Å². The van der Waals surface area contributed by atoms with Gasteiger partial charge in [0.1, 0.15) is 11.2 Å². The van der Waals surface area contributed by atoms with Gasteiger partial charge in [0.05, 0.1) is 18.2 Å². The molecular formula is C35H57N2O6PS2. The van der Waals surface area contributed by atoms with Gasteiger partial charge in [-0.15, -0.1) is 9.24 Å².